The van der Waals surface area contributed by atoms with Gasteiger partial charge in [0.05, 0.1) is 5.02 Å². The van der Waals surface area contributed by atoms with Gasteiger partial charge >= 0.3 is 0 Å². The van der Waals surface area contributed by atoms with Gasteiger partial charge in [-0.2, -0.15) is 0 Å². The fourth-order valence-electron chi connectivity index (χ4n) is 1.27. The van der Waals surface area contributed by atoms with Crippen molar-refractivity contribution >= 4 is 17.7 Å². The maximum Gasteiger partial charge on any atom is 0.141 e. The lowest BCUT2D eigenvalue weighted by Gasteiger charge is -2.03. The standard InChI is InChI=1S/C13H17ClFN/c1-10(2)9-16-7-3-4-11-5-6-13(15)12(14)8-11/h3-6,8,10,16H,7,9H2,1-2H3/b4-3+. The predicted octanol–water partition coefficient (Wildman–Crippen LogP) is 3.74. The van der Waals surface area contributed by atoms with Gasteiger partial charge in [-0.3, -0.25) is 0 Å². The van der Waals surface area contributed by atoms with E-state index in [0.717, 1.165) is 18.7 Å². The third kappa shape index (κ3) is 4.77. The van der Waals surface area contributed by atoms with E-state index in [2.05, 4.69) is 19.2 Å². The van der Waals surface area contributed by atoms with Crippen molar-refractivity contribution in [3.05, 3.63) is 40.7 Å². The smallest absolute Gasteiger partial charge is 0.141 e. The first-order chi connectivity index (χ1) is 7.59. The molecule has 1 aromatic rings. The molecule has 0 aliphatic carbocycles. The van der Waals surface area contributed by atoms with E-state index < -0.39 is 0 Å². The van der Waals surface area contributed by atoms with Gasteiger partial charge in [0.25, 0.3) is 0 Å². The molecule has 0 heterocycles. The van der Waals surface area contributed by atoms with E-state index in [9.17, 15) is 4.39 Å². The Morgan fingerprint density at radius 1 is 1.44 bits per heavy atom. The average Bonchev–Trinajstić information content (AvgIpc) is 2.22. The van der Waals surface area contributed by atoms with E-state index in [1.807, 2.05) is 12.2 Å². The minimum absolute atomic E-state index is 0.164. The zero-order chi connectivity index (χ0) is 12.0. The lowest BCUT2D eigenvalue weighted by molar-refractivity contribution is 0.577. The second-order valence-corrected chi connectivity index (χ2v) is 4.54. The fourth-order valence-corrected chi connectivity index (χ4v) is 1.46. The van der Waals surface area contributed by atoms with Gasteiger partial charge in [-0.05, 0) is 30.2 Å². The topological polar surface area (TPSA) is 12.0 Å². The molecule has 0 unspecified atom stereocenters. The monoisotopic (exact) mass is 241 g/mol. The van der Waals surface area contributed by atoms with Gasteiger partial charge in [-0.25, -0.2) is 4.39 Å². The predicted molar refractivity (Wildman–Crippen MR) is 68.2 cm³/mol. The Morgan fingerprint density at radius 3 is 2.81 bits per heavy atom. The van der Waals surface area contributed by atoms with Gasteiger partial charge in [-0.15, -0.1) is 0 Å². The maximum atomic E-state index is 12.9. The normalized spacial score (nSPS) is 11.6. The molecule has 0 fully saturated rings. The summed E-state index contributed by atoms with van der Waals surface area (Å²) in [4.78, 5) is 0. The second-order valence-electron chi connectivity index (χ2n) is 4.13. The van der Waals surface area contributed by atoms with E-state index >= 15 is 0 Å². The zero-order valence-corrected chi connectivity index (χ0v) is 10.4. The Morgan fingerprint density at radius 2 is 2.19 bits per heavy atom. The summed E-state index contributed by atoms with van der Waals surface area (Å²) in [5, 5.41) is 3.45. The van der Waals surface area contributed by atoms with E-state index in [1.54, 1.807) is 12.1 Å². The molecule has 88 valence electrons. The zero-order valence-electron chi connectivity index (χ0n) is 9.63. The van der Waals surface area contributed by atoms with Crippen LogP contribution in [0.5, 0.6) is 0 Å². The van der Waals surface area contributed by atoms with Crippen LogP contribution in [0.15, 0.2) is 24.3 Å². The summed E-state index contributed by atoms with van der Waals surface area (Å²) < 4.78 is 12.9. The lowest BCUT2D eigenvalue weighted by atomic mass is 10.2. The van der Waals surface area contributed by atoms with Crippen LogP contribution < -0.4 is 5.32 Å². The van der Waals surface area contributed by atoms with Gasteiger partial charge in [0.1, 0.15) is 5.82 Å². The van der Waals surface area contributed by atoms with Crippen molar-refractivity contribution in [2.24, 2.45) is 5.92 Å². The van der Waals surface area contributed by atoms with Gasteiger partial charge in [0.15, 0.2) is 0 Å². The van der Waals surface area contributed by atoms with Crippen LogP contribution >= 0.6 is 11.6 Å². The first kappa shape index (κ1) is 13.2. The number of hydrogen-bond donors (Lipinski definition) is 1. The number of nitrogens with one attached hydrogen (secondary N) is 1. The summed E-state index contributed by atoms with van der Waals surface area (Å²) in [5.41, 5.74) is 0.915. The van der Waals surface area contributed by atoms with Crippen LogP contribution in [0.25, 0.3) is 6.08 Å². The second kappa shape index (κ2) is 6.66. The van der Waals surface area contributed by atoms with E-state index in [4.69, 9.17) is 11.6 Å². The Labute approximate surface area is 101 Å². The van der Waals surface area contributed by atoms with Crippen LogP contribution in [-0.2, 0) is 0 Å². The minimum Gasteiger partial charge on any atom is -0.313 e. The molecule has 0 aromatic heterocycles. The molecule has 1 N–H and O–H groups in total. The number of benzene rings is 1. The van der Waals surface area contributed by atoms with Crippen molar-refractivity contribution < 1.29 is 4.39 Å². The van der Waals surface area contributed by atoms with Gasteiger partial charge in [0, 0.05) is 6.54 Å². The van der Waals surface area contributed by atoms with Crippen LogP contribution in [0.2, 0.25) is 5.02 Å². The molecule has 0 bridgehead atoms. The SMILES string of the molecule is CC(C)CNC/C=C/c1ccc(F)c(Cl)c1. The fraction of sp³-hybridized carbons (Fsp3) is 0.385. The van der Waals surface area contributed by atoms with E-state index in [0.29, 0.717) is 5.92 Å². The summed E-state index contributed by atoms with van der Waals surface area (Å²) >= 11 is 5.67. The molecular weight excluding hydrogens is 225 g/mol. The Bertz CT molecular complexity index is 361. The van der Waals surface area contributed by atoms with Gasteiger partial charge < -0.3 is 5.32 Å². The first-order valence-electron chi connectivity index (χ1n) is 5.42. The van der Waals surface area contributed by atoms with Crippen LogP contribution in [0.4, 0.5) is 4.39 Å². The summed E-state index contributed by atoms with van der Waals surface area (Å²) in [5.74, 6) is 0.269. The van der Waals surface area contributed by atoms with Crippen molar-refractivity contribution in [3.63, 3.8) is 0 Å². The molecule has 1 rings (SSSR count). The lowest BCUT2D eigenvalue weighted by Crippen LogP contribution is -2.19. The molecule has 0 spiro atoms. The molecule has 1 aromatic carbocycles. The maximum absolute atomic E-state index is 12.9. The quantitative estimate of drug-likeness (QED) is 0.775. The van der Waals surface area contributed by atoms with Crippen molar-refractivity contribution in [1.29, 1.82) is 0 Å². The highest BCUT2D eigenvalue weighted by atomic mass is 35.5. The van der Waals surface area contributed by atoms with Crippen LogP contribution in [0.1, 0.15) is 19.4 Å². The molecule has 1 nitrogen and oxygen atoms in total. The Hall–Kier alpha value is -0.860. The minimum atomic E-state index is -0.378. The largest absolute Gasteiger partial charge is 0.313 e. The molecule has 0 amide bonds. The molecule has 0 aliphatic rings. The van der Waals surface area contributed by atoms with Crippen molar-refractivity contribution in [2.45, 2.75) is 13.8 Å². The highest BCUT2D eigenvalue weighted by molar-refractivity contribution is 6.30. The molecular formula is C13H17ClFN. The third-order valence-corrected chi connectivity index (χ3v) is 2.36. The highest BCUT2D eigenvalue weighted by Crippen LogP contribution is 2.16. The van der Waals surface area contributed by atoms with E-state index in [1.165, 1.54) is 6.07 Å². The van der Waals surface area contributed by atoms with Gasteiger partial charge in [-0.1, -0.05) is 43.7 Å². The molecule has 0 radical (unpaired) electrons. The van der Waals surface area contributed by atoms with E-state index in [-0.39, 0.29) is 10.8 Å². The molecule has 3 heteroatoms. The summed E-state index contributed by atoms with van der Waals surface area (Å²) in [6, 6.07) is 4.71. The summed E-state index contributed by atoms with van der Waals surface area (Å²) in [6.07, 6.45) is 3.94. The van der Waals surface area contributed by atoms with Crippen LogP contribution in [0.3, 0.4) is 0 Å². The molecule has 0 aliphatic heterocycles. The third-order valence-electron chi connectivity index (χ3n) is 2.07. The molecule has 16 heavy (non-hydrogen) atoms. The van der Waals surface area contributed by atoms with Crippen LogP contribution in [-0.4, -0.2) is 13.1 Å². The number of halogens is 2. The molecule has 0 atom stereocenters. The average molecular weight is 242 g/mol. The number of hydrogen-bond acceptors (Lipinski definition) is 1. The highest BCUT2D eigenvalue weighted by Gasteiger charge is 1.97. The summed E-state index contributed by atoms with van der Waals surface area (Å²) in [7, 11) is 0. The Kier molecular flexibility index (Phi) is 5.50. The molecule has 0 saturated heterocycles. The Balaban J connectivity index is 2.41. The molecule has 0 saturated carbocycles. The van der Waals surface area contributed by atoms with Gasteiger partial charge in [0.2, 0.25) is 0 Å². The van der Waals surface area contributed by atoms with Crippen LogP contribution in [0, 0.1) is 11.7 Å². The van der Waals surface area contributed by atoms with Crippen molar-refractivity contribution in [3.8, 4) is 0 Å². The summed E-state index contributed by atoms with van der Waals surface area (Å²) in [6.45, 7) is 6.13. The first-order valence-corrected chi connectivity index (χ1v) is 5.79. The van der Waals surface area contributed by atoms with Crippen molar-refractivity contribution in [1.82, 2.24) is 5.32 Å². The number of rotatable bonds is 5. The van der Waals surface area contributed by atoms with Crippen molar-refractivity contribution in [2.75, 3.05) is 13.1 Å².